The molecule has 2 unspecified atom stereocenters. The fraction of sp³-hybridized carbons (Fsp3) is 0.818. The maximum Gasteiger partial charge on any atom is 0.224 e. The van der Waals surface area contributed by atoms with Crippen LogP contribution in [0.2, 0.25) is 0 Å². The van der Waals surface area contributed by atoms with E-state index in [9.17, 15) is 10.1 Å². The lowest BCUT2D eigenvalue weighted by Crippen LogP contribution is -2.50. The molecule has 1 aliphatic heterocycles. The molecule has 0 aromatic heterocycles. The standard InChI is InChI=1S/C11H17BrN2O/c1-8(2)11(3,7-13)14-6-9(5-12)4-10(14)15/h8-9H,4-6H2,1-3H3. The van der Waals surface area contributed by atoms with Crippen molar-refractivity contribution in [2.75, 3.05) is 11.9 Å². The van der Waals surface area contributed by atoms with Gasteiger partial charge in [-0.1, -0.05) is 29.8 Å². The van der Waals surface area contributed by atoms with Gasteiger partial charge in [0.25, 0.3) is 0 Å². The Hall–Kier alpha value is -0.560. The fourth-order valence-corrected chi connectivity index (χ4v) is 2.27. The second kappa shape index (κ2) is 4.52. The van der Waals surface area contributed by atoms with E-state index in [0.29, 0.717) is 18.9 Å². The minimum atomic E-state index is -0.659. The SMILES string of the molecule is CC(C)C(C)(C#N)N1CC(CBr)CC1=O. The van der Waals surface area contributed by atoms with E-state index in [4.69, 9.17) is 0 Å². The van der Waals surface area contributed by atoms with Gasteiger partial charge in [-0.15, -0.1) is 0 Å². The molecule has 4 heteroatoms. The minimum Gasteiger partial charge on any atom is -0.324 e. The Balaban J connectivity index is 2.89. The number of carbonyl (C=O) groups is 1. The number of nitriles is 1. The number of amides is 1. The second-order valence-electron chi connectivity index (χ2n) is 4.64. The van der Waals surface area contributed by atoms with Crippen LogP contribution in [0, 0.1) is 23.2 Å². The van der Waals surface area contributed by atoms with Gasteiger partial charge in [0.2, 0.25) is 5.91 Å². The summed E-state index contributed by atoms with van der Waals surface area (Å²) in [5.41, 5.74) is -0.659. The predicted molar refractivity (Wildman–Crippen MR) is 62.5 cm³/mol. The van der Waals surface area contributed by atoms with Gasteiger partial charge in [0.05, 0.1) is 6.07 Å². The second-order valence-corrected chi connectivity index (χ2v) is 5.29. The Morgan fingerprint density at radius 1 is 1.73 bits per heavy atom. The highest BCUT2D eigenvalue weighted by atomic mass is 79.9. The average Bonchev–Trinajstić information content (AvgIpc) is 2.58. The highest BCUT2D eigenvalue weighted by Crippen LogP contribution is 2.31. The summed E-state index contributed by atoms with van der Waals surface area (Å²) in [6.45, 7) is 6.52. The molecule has 0 spiro atoms. The monoisotopic (exact) mass is 272 g/mol. The summed E-state index contributed by atoms with van der Waals surface area (Å²) < 4.78 is 0. The van der Waals surface area contributed by atoms with Gasteiger partial charge in [0, 0.05) is 18.3 Å². The normalized spacial score (nSPS) is 25.5. The molecule has 0 bridgehead atoms. The van der Waals surface area contributed by atoms with E-state index in [2.05, 4.69) is 22.0 Å². The summed E-state index contributed by atoms with van der Waals surface area (Å²) >= 11 is 3.40. The van der Waals surface area contributed by atoms with Crippen molar-refractivity contribution in [1.29, 1.82) is 5.26 Å². The van der Waals surface area contributed by atoms with Gasteiger partial charge in [0.1, 0.15) is 5.54 Å². The molecule has 1 heterocycles. The zero-order chi connectivity index (χ0) is 11.6. The third-order valence-electron chi connectivity index (χ3n) is 3.33. The van der Waals surface area contributed by atoms with Crippen LogP contribution in [0.15, 0.2) is 0 Å². The van der Waals surface area contributed by atoms with Crippen LogP contribution >= 0.6 is 15.9 Å². The van der Waals surface area contributed by atoms with Crippen LogP contribution < -0.4 is 0 Å². The van der Waals surface area contributed by atoms with Crippen LogP contribution in [-0.4, -0.2) is 28.2 Å². The number of carbonyl (C=O) groups excluding carboxylic acids is 1. The van der Waals surface area contributed by atoms with Crippen LogP contribution in [0.25, 0.3) is 0 Å². The molecule has 1 aliphatic rings. The van der Waals surface area contributed by atoms with Crippen molar-refractivity contribution < 1.29 is 4.79 Å². The molecule has 0 N–H and O–H groups in total. The molecule has 0 aliphatic carbocycles. The molecule has 0 saturated carbocycles. The molecule has 0 aromatic rings. The lowest BCUT2D eigenvalue weighted by molar-refractivity contribution is -0.132. The molecule has 15 heavy (non-hydrogen) atoms. The lowest BCUT2D eigenvalue weighted by Gasteiger charge is -2.36. The number of nitrogens with zero attached hydrogens (tertiary/aromatic N) is 2. The van der Waals surface area contributed by atoms with E-state index in [-0.39, 0.29) is 11.8 Å². The number of hydrogen-bond donors (Lipinski definition) is 0. The third kappa shape index (κ3) is 2.17. The first-order chi connectivity index (χ1) is 6.95. The molecular formula is C11H17BrN2O. The minimum absolute atomic E-state index is 0.109. The van der Waals surface area contributed by atoms with Gasteiger partial charge >= 0.3 is 0 Å². The fourth-order valence-electron chi connectivity index (χ4n) is 1.83. The molecule has 2 atom stereocenters. The van der Waals surface area contributed by atoms with E-state index < -0.39 is 5.54 Å². The van der Waals surface area contributed by atoms with E-state index in [0.717, 1.165) is 5.33 Å². The maximum absolute atomic E-state index is 11.8. The first kappa shape index (κ1) is 12.5. The molecule has 84 valence electrons. The van der Waals surface area contributed by atoms with Crippen LogP contribution in [0.4, 0.5) is 0 Å². The molecule has 1 fully saturated rings. The van der Waals surface area contributed by atoms with Gasteiger partial charge in [-0.05, 0) is 18.8 Å². The molecule has 1 amide bonds. The van der Waals surface area contributed by atoms with Crippen LogP contribution in [0.1, 0.15) is 27.2 Å². The maximum atomic E-state index is 11.8. The number of likely N-dealkylation sites (tertiary alicyclic amines) is 1. The third-order valence-corrected chi connectivity index (χ3v) is 4.25. The Morgan fingerprint density at radius 2 is 2.33 bits per heavy atom. The Morgan fingerprint density at radius 3 is 2.67 bits per heavy atom. The first-order valence-corrected chi connectivity index (χ1v) is 6.35. The Bertz CT molecular complexity index is 297. The number of halogens is 1. The molecular weight excluding hydrogens is 256 g/mol. The van der Waals surface area contributed by atoms with Crippen molar-refractivity contribution in [3.05, 3.63) is 0 Å². The largest absolute Gasteiger partial charge is 0.324 e. The van der Waals surface area contributed by atoms with Gasteiger partial charge in [-0.3, -0.25) is 4.79 Å². The Kier molecular flexibility index (Phi) is 3.77. The summed E-state index contributed by atoms with van der Waals surface area (Å²) in [7, 11) is 0. The first-order valence-electron chi connectivity index (χ1n) is 5.23. The van der Waals surface area contributed by atoms with Crippen LogP contribution in [0.3, 0.4) is 0 Å². The average molecular weight is 273 g/mol. The predicted octanol–water partition coefficient (Wildman–Crippen LogP) is 2.17. The smallest absolute Gasteiger partial charge is 0.224 e. The van der Waals surface area contributed by atoms with Crippen molar-refractivity contribution in [2.24, 2.45) is 11.8 Å². The van der Waals surface area contributed by atoms with E-state index in [1.165, 1.54) is 0 Å². The van der Waals surface area contributed by atoms with Gasteiger partial charge in [-0.2, -0.15) is 5.26 Å². The zero-order valence-corrected chi connectivity index (χ0v) is 11.0. The van der Waals surface area contributed by atoms with Gasteiger partial charge < -0.3 is 4.90 Å². The number of rotatable bonds is 3. The van der Waals surface area contributed by atoms with Crippen molar-refractivity contribution in [3.8, 4) is 6.07 Å². The summed E-state index contributed by atoms with van der Waals surface area (Å²) in [6, 6.07) is 2.28. The summed E-state index contributed by atoms with van der Waals surface area (Å²) in [5.74, 6) is 0.613. The molecule has 1 rings (SSSR count). The van der Waals surface area contributed by atoms with Crippen molar-refractivity contribution in [1.82, 2.24) is 4.90 Å². The summed E-state index contributed by atoms with van der Waals surface area (Å²) in [6.07, 6.45) is 0.565. The highest BCUT2D eigenvalue weighted by molar-refractivity contribution is 9.09. The van der Waals surface area contributed by atoms with Gasteiger partial charge in [0.15, 0.2) is 0 Å². The quantitative estimate of drug-likeness (QED) is 0.740. The van der Waals surface area contributed by atoms with Gasteiger partial charge in [-0.25, -0.2) is 0 Å². The van der Waals surface area contributed by atoms with Crippen molar-refractivity contribution in [3.63, 3.8) is 0 Å². The zero-order valence-electron chi connectivity index (χ0n) is 9.46. The summed E-state index contributed by atoms with van der Waals surface area (Å²) in [4.78, 5) is 13.5. The molecule has 0 radical (unpaired) electrons. The van der Waals surface area contributed by atoms with E-state index >= 15 is 0 Å². The number of alkyl halides is 1. The molecule has 0 aromatic carbocycles. The summed E-state index contributed by atoms with van der Waals surface area (Å²) in [5, 5.41) is 10.1. The van der Waals surface area contributed by atoms with E-state index in [1.54, 1.807) is 4.90 Å². The topological polar surface area (TPSA) is 44.1 Å². The lowest BCUT2D eigenvalue weighted by atomic mass is 9.88. The van der Waals surface area contributed by atoms with Crippen LogP contribution in [0.5, 0.6) is 0 Å². The van der Waals surface area contributed by atoms with Crippen molar-refractivity contribution in [2.45, 2.75) is 32.7 Å². The van der Waals surface area contributed by atoms with Crippen LogP contribution in [-0.2, 0) is 4.79 Å². The number of hydrogen-bond acceptors (Lipinski definition) is 2. The highest BCUT2D eigenvalue weighted by Gasteiger charge is 2.43. The molecule has 3 nitrogen and oxygen atoms in total. The molecule has 1 saturated heterocycles. The van der Waals surface area contributed by atoms with E-state index in [1.807, 2.05) is 20.8 Å². The van der Waals surface area contributed by atoms with Crippen molar-refractivity contribution >= 4 is 21.8 Å². The Labute approximate surface area is 99.6 Å².